The summed E-state index contributed by atoms with van der Waals surface area (Å²) < 4.78 is 28.9. The molecule has 3 rings (SSSR count). The summed E-state index contributed by atoms with van der Waals surface area (Å²) in [6.07, 6.45) is 4.07. The van der Waals surface area contributed by atoms with Crippen LogP contribution < -0.4 is 4.90 Å². The zero-order valence-electron chi connectivity index (χ0n) is 14.1. The monoisotopic (exact) mass is 365 g/mol. The van der Waals surface area contributed by atoms with E-state index in [9.17, 15) is 18.0 Å². The highest BCUT2D eigenvalue weighted by Gasteiger charge is 2.36. The van der Waals surface area contributed by atoms with E-state index >= 15 is 0 Å². The molecule has 1 aliphatic heterocycles. The second-order valence-electron chi connectivity index (χ2n) is 6.75. The van der Waals surface area contributed by atoms with Gasteiger partial charge in [-0.25, -0.2) is 8.42 Å². The van der Waals surface area contributed by atoms with Gasteiger partial charge in [-0.15, -0.1) is 0 Å². The van der Waals surface area contributed by atoms with Gasteiger partial charge in [0.1, 0.15) is 0 Å². The first-order valence-corrected chi connectivity index (χ1v) is 10.5. The van der Waals surface area contributed by atoms with E-state index in [1.165, 1.54) is 4.90 Å². The average molecular weight is 365 g/mol. The fraction of sp³-hybridized carbons (Fsp3) is 0.556. The van der Waals surface area contributed by atoms with Gasteiger partial charge in [-0.2, -0.15) is 0 Å². The molecule has 25 heavy (non-hydrogen) atoms. The summed E-state index contributed by atoms with van der Waals surface area (Å²) >= 11 is 0. The summed E-state index contributed by atoms with van der Waals surface area (Å²) in [5, 5.41) is 0. The highest BCUT2D eigenvalue weighted by Crippen LogP contribution is 2.27. The molecule has 6 nitrogen and oxygen atoms in total. The van der Waals surface area contributed by atoms with Gasteiger partial charge in [-0.1, -0.05) is 31.0 Å². The summed E-state index contributed by atoms with van der Waals surface area (Å²) in [6, 6.07) is 8.54. The van der Waals surface area contributed by atoms with E-state index in [1.54, 1.807) is 24.3 Å². The Labute approximate surface area is 148 Å². The first-order chi connectivity index (χ1) is 12.0. The fourth-order valence-electron chi connectivity index (χ4n) is 3.61. The SMILES string of the molecule is O=C(OCC(=O)N(c1ccccc1)[C@H]1CCS(=O)(=O)C1)C1CCCC1. The maximum Gasteiger partial charge on any atom is 0.309 e. The number of benzene rings is 1. The Bertz CT molecular complexity index is 725. The Morgan fingerprint density at radius 2 is 1.76 bits per heavy atom. The minimum absolute atomic E-state index is 0.0514. The number of ether oxygens (including phenoxy) is 1. The third kappa shape index (κ3) is 4.39. The predicted molar refractivity (Wildman–Crippen MR) is 93.9 cm³/mol. The molecule has 1 amide bonds. The van der Waals surface area contributed by atoms with Gasteiger partial charge in [-0.3, -0.25) is 9.59 Å². The average Bonchev–Trinajstić information content (AvgIpc) is 3.24. The zero-order chi connectivity index (χ0) is 17.9. The molecule has 0 bridgehead atoms. The molecule has 0 N–H and O–H groups in total. The van der Waals surface area contributed by atoms with E-state index < -0.39 is 15.9 Å². The summed E-state index contributed by atoms with van der Waals surface area (Å²) in [4.78, 5) is 26.2. The molecule has 0 aromatic heterocycles. The van der Waals surface area contributed by atoms with Crippen LogP contribution in [0.2, 0.25) is 0 Å². The second-order valence-corrected chi connectivity index (χ2v) is 8.97. The van der Waals surface area contributed by atoms with Crippen LogP contribution in [0.4, 0.5) is 5.69 Å². The van der Waals surface area contributed by atoms with Crippen LogP contribution in [0.3, 0.4) is 0 Å². The quantitative estimate of drug-likeness (QED) is 0.745. The van der Waals surface area contributed by atoms with Crippen molar-refractivity contribution in [3.8, 4) is 0 Å². The van der Waals surface area contributed by atoms with Crippen molar-refractivity contribution in [2.45, 2.75) is 38.1 Å². The normalized spacial score (nSPS) is 22.6. The van der Waals surface area contributed by atoms with Crippen molar-refractivity contribution in [1.82, 2.24) is 0 Å². The standard InChI is InChI=1S/C18H23NO5S/c20-17(12-24-18(21)14-6-4-5-7-14)19(15-8-2-1-3-9-15)16-10-11-25(22,23)13-16/h1-3,8-9,14,16H,4-7,10-13H2/t16-/m0/s1. The molecule has 1 aromatic carbocycles. The molecule has 0 radical (unpaired) electrons. The number of para-hydroxylation sites is 1. The Hall–Kier alpha value is -1.89. The lowest BCUT2D eigenvalue weighted by atomic mass is 10.1. The van der Waals surface area contributed by atoms with E-state index in [-0.39, 0.29) is 35.9 Å². The highest BCUT2D eigenvalue weighted by atomic mass is 32.2. The van der Waals surface area contributed by atoms with Crippen molar-refractivity contribution in [1.29, 1.82) is 0 Å². The number of amides is 1. The molecule has 1 aromatic rings. The van der Waals surface area contributed by atoms with Crippen LogP contribution in [0.1, 0.15) is 32.1 Å². The number of hydrogen-bond acceptors (Lipinski definition) is 5. The third-order valence-corrected chi connectivity index (χ3v) is 6.65. The summed E-state index contributed by atoms with van der Waals surface area (Å²) in [5.41, 5.74) is 0.631. The number of esters is 1. The first-order valence-electron chi connectivity index (χ1n) is 8.70. The Kier molecular flexibility index (Phi) is 5.42. The highest BCUT2D eigenvalue weighted by molar-refractivity contribution is 7.91. The number of carbonyl (C=O) groups excluding carboxylic acids is 2. The molecule has 1 saturated carbocycles. The van der Waals surface area contributed by atoms with Crippen molar-refractivity contribution in [3.63, 3.8) is 0 Å². The molecular weight excluding hydrogens is 342 g/mol. The van der Waals surface area contributed by atoms with E-state index in [4.69, 9.17) is 4.74 Å². The summed E-state index contributed by atoms with van der Waals surface area (Å²) in [6.45, 7) is -0.346. The Morgan fingerprint density at radius 3 is 2.36 bits per heavy atom. The molecule has 0 spiro atoms. The van der Waals surface area contributed by atoms with Gasteiger partial charge in [0.05, 0.1) is 23.5 Å². The van der Waals surface area contributed by atoms with Gasteiger partial charge in [-0.05, 0) is 31.4 Å². The maximum absolute atomic E-state index is 12.7. The number of rotatable bonds is 5. The number of sulfone groups is 1. The Morgan fingerprint density at radius 1 is 1.08 bits per heavy atom. The molecule has 2 aliphatic rings. The summed E-state index contributed by atoms with van der Waals surface area (Å²) in [7, 11) is -3.13. The van der Waals surface area contributed by atoms with Gasteiger partial charge in [0.25, 0.3) is 5.91 Å². The third-order valence-electron chi connectivity index (χ3n) is 4.90. The maximum atomic E-state index is 12.7. The van der Waals surface area contributed by atoms with Gasteiger partial charge in [0.15, 0.2) is 16.4 Å². The van der Waals surface area contributed by atoms with Crippen molar-refractivity contribution in [2.75, 3.05) is 23.0 Å². The molecule has 1 aliphatic carbocycles. The van der Waals surface area contributed by atoms with Gasteiger partial charge in [0, 0.05) is 5.69 Å². The molecular formula is C18H23NO5S. The lowest BCUT2D eigenvalue weighted by molar-refractivity contribution is -0.151. The van der Waals surface area contributed by atoms with E-state index in [2.05, 4.69) is 0 Å². The van der Waals surface area contributed by atoms with E-state index in [0.717, 1.165) is 25.7 Å². The van der Waals surface area contributed by atoms with Crippen LogP contribution in [0.5, 0.6) is 0 Å². The van der Waals surface area contributed by atoms with Gasteiger partial charge < -0.3 is 9.64 Å². The molecule has 136 valence electrons. The smallest absolute Gasteiger partial charge is 0.309 e. The van der Waals surface area contributed by atoms with Crippen LogP contribution in [-0.2, 0) is 24.2 Å². The molecule has 2 fully saturated rings. The van der Waals surface area contributed by atoms with Crippen LogP contribution in [-0.4, -0.2) is 44.4 Å². The minimum Gasteiger partial charge on any atom is -0.455 e. The van der Waals surface area contributed by atoms with Crippen molar-refractivity contribution < 1.29 is 22.7 Å². The molecule has 1 saturated heterocycles. The van der Waals surface area contributed by atoms with Crippen molar-refractivity contribution in [2.24, 2.45) is 5.92 Å². The van der Waals surface area contributed by atoms with Gasteiger partial charge in [0.2, 0.25) is 0 Å². The van der Waals surface area contributed by atoms with Crippen molar-refractivity contribution in [3.05, 3.63) is 30.3 Å². The molecule has 1 heterocycles. The topological polar surface area (TPSA) is 80.8 Å². The number of carbonyl (C=O) groups is 2. The van der Waals surface area contributed by atoms with E-state index in [0.29, 0.717) is 12.1 Å². The molecule has 1 atom stereocenters. The lowest BCUT2D eigenvalue weighted by Gasteiger charge is -2.28. The minimum atomic E-state index is -3.13. The zero-order valence-corrected chi connectivity index (χ0v) is 14.9. The molecule has 0 unspecified atom stereocenters. The van der Waals surface area contributed by atoms with Crippen LogP contribution >= 0.6 is 0 Å². The van der Waals surface area contributed by atoms with Gasteiger partial charge >= 0.3 is 5.97 Å². The molecule has 7 heteroatoms. The largest absolute Gasteiger partial charge is 0.455 e. The predicted octanol–water partition coefficient (Wildman–Crippen LogP) is 1.94. The second kappa shape index (κ2) is 7.56. The number of nitrogens with zero attached hydrogens (tertiary/aromatic N) is 1. The van der Waals surface area contributed by atoms with Crippen LogP contribution in [0, 0.1) is 5.92 Å². The van der Waals surface area contributed by atoms with Crippen molar-refractivity contribution >= 4 is 27.4 Å². The summed E-state index contributed by atoms with van der Waals surface area (Å²) in [5.74, 6) is -0.775. The van der Waals surface area contributed by atoms with Crippen LogP contribution in [0.15, 0.2) is 30.3 Å². The lowest BCUT2D eigenvalue weighted by Crippen LogP contribution is -2.43. The number of anilines is 1. The fourth-order valence-corrected chi connectivity index (χ4v) is 5.31. The first kappa shape index (κ1) is 17.9. The van der Waals surface area contributed by atoms with E-state index in [1.807, 2.05) is 6.07 Å². The number of hydrogen-bond donors (Lipinski definition) is 0. The van der Waals surface area contributed by atoms with Crippen LogP contribution in [0.25, 0.3) is 0 Å². The Balaban J connectivity index is 1.70.